The van der Waals surface area contributed by atoms with Crippen LogP contribution in [-0.2, 0) is 0 Å². The highest BCUT2D eigenvalue weighted by atomic mass is 16.5. The van der Waals surface area contributed by atoms with Gasteiger partial charge < -0.3 is 15.8 Å². The summed E-state index contributed by atoms with van der Waals surface area (Å²) < 4.78 is 5.14. The van der Waals surface area contributed by atoms with E-state index >= 15 is 0 Å². The Bertz CT molecular complexity index is 437. The normalized spacial score (nSPS) is 27.2. The number of methoxy groups -OCH3 is 1. The maximum Gasteiger partial charge on any atom is 0.215 e. The van der Waals surface area contributed by atoms with Gasteiger partial charge in [0.1, 0.15) is 0 Å². The zero-order valence-corrected chi connectivity index (χ0v) is 10.7. The molecule has 5 heteroatoms. The van der Waals surface area contributed by atoms with Gasteiger partial charge in [0.05, 0.1) is 12.8 Å². The van der Waals surface area contributed by atoms with Crippen molar-refractivity contribution in [3.05, 3.63) is 12.1 Å². The summed E-state index contributed by atoms with van der Waals surface area (Å²) in [6.45, 7) is 2.43. The third-order valence-electron chi connectivity index (χ3n) is 4.04. The SMILES string of the molecule is COc1ccc(N)c(NC2CCN3CCCC23)n1. The molecular formula is C13H20N4O. The number of rotatable bonds is 3. The number of anilines is 2. The minimum atomic E-state index is 0.467. The molecule has 3 N–H and O–H groups in total. The Balaban J connectivity index is 1.76. The van der Waals surface area contributed by atoms with Gasteiger partial charge in [-0.1, -0.05) is 0 Å². The Morgan fingerprint density at radius 3 is 3.11 bits per heavy atom. The topological polar surface area (TPSA) is 63.4 Å². The molecule has 0 aliphatic carbocycles. The molecule has 0 aromatic carbocycles. The van der Waals surface area contributed by atoms with Crippen LogP contribution in [0.25, 0.3) is 0 Å². The quantitative estimate of drug-likeness (QED) is 0.844. The van der Waals surface area contributed by atoms with E-state index in [4.69, 9.17) is 10.5 Å². The third kappa shape index (κ3) is 1.99. The number of fused-ring (bicyclic) bond motifs is 1. The van der Waals surface area contributed by atoms with Gasteiger partial charge in [-0.05, 0) is 31.9 Å². The van der Waals surface area contributed by atoms with Crippen molar-refractivity contribution >= 4 is 11.5 Å². The summed E-state index contributed by atoms with van der Waals surface area (Å²) in [6, 6.07) is 4.75. The largest absolute Gasteiger partial charge is 0.481 e. The Kier molecular flexibility index (Phi) is 2.99. The molecule has 2 aliphatic heterocycles. The standard InChI is InChI=1S/C13H20N4O/c1-18-12-5-4-9(14)13(16-12)15-10-6-8-17-7-2-3-11(10)17/h4-5,10-11H,2-3,6-8,14H2,1H3,(H,15,16). The Hall–Kier alpha value is -1.49. The summed E-state index contributed by atoms with van der Waals surface area (Å²) in [5.74, 6) is 1.36. The van der Waals surface area contributed by atoms with Crippen molar-refractivity contribution in [2.24, 2.45) is 0 Å². The molecule has 0 spiro atoms. The van der Waals surface area contributed by atoms with Gasteiger partial charge in [0.2, 0.25) is 5.88 Å². The van der Waals surface area contributed by atoms with Gasteiger partial charge in [-0.25, -0.2) is 0 Å². The van der Waals surface area contributed by atoms with Crippen LogP contribution in [0.3, 0.4) is 0 Å². The van der Waals surface area contributed by atoms with Crippen LogP contribution in [0.4, 0.5) is 11.5 Å². The van der Waals surface area contributed by atoms with Crippen molar-refractivity contribution < 1.29 is 4.74 Å². The molecule has 3 heterocycles. The fourth-order valence-corrected chi connectivity index (χ4v) is 3.11. The predicted molar refractivity (Wildman–Crippen MR) is 71.8 cm³/mol. The summed E-state index contributed by atoms with van der Waals surface area (Å²) in [4.78, 5) is 6.96. The first-order chi connectivity index (χ1) is 8.78. The molecule has 98 valence electrons. The fourth-order valence-electron chi connectivity index (χ4n) is 3.11. The Morgan fingerprint density at radius 1 is 1.39 bits per heavy atom. The number of nitrogens with one attached hydrogen (secondary N) is 1. The van der Waals surface area contributed by atoms with Crippen LogP contribution in [0.5, 0.6) is 5.88 Å². The molecule has 1 aromatic rings. The Morgan fingerprint density at radius 2 is 2.28 bits per heavy atom. The average Bonchev–Trinajstić information content (AvgIpc) is 2.96. The van der Waals surface area contributed by atoms with Gasteiger partial charge in [0.25, 0.3) is 0 Å². The van der Waals surface area contributed by atoms with E-state index in [2.05, 4.69) is 15.2 Å². The van der Waals surface area contributed by atoms with E-state index in [0.717, 1.165) is 5.82 Å². The van der Waals surface area contributed by atoms with Gasteiger partial charge in [0.15, 0.2) is 5.82 Å². The lowest BCUT2D eigenvalue weighted by atomic mass is 10.1. The zero-order chi connectivity index (χ0) is 12.5. The molecule has 2 unspecified atom stereocenters. The van der Waals surface area contributed by atoms with E-state index in [1.54, 1.807) is 13.2 Å². The number of hydrogen-bond donors (Lipinski definition) is 2. The zero-order valence-electron chi connectivity index (χ0n) is 10.7. The van der Waals surface area contributed by atoms with Gasteiger partial charge in [-0.2, -0.15) is 4.98 Å². The number of pyridine rings is 1. The van der Waals surface area contributed by atoms with Gasteiger partial charge in [-0.3, -0.25) is 4.90 Å². The maximum absolute atomic E-state index is 5.97. The number of nitrogen functional groups attached to an aromatic ring is 1. The predicted octanol–water partition coefficient (Wildman–Crippen LogP) is 1.32. The van der Waals surface area contributed by atoms with Gasteiger partial charge in [0, 0.05) is 24.7 Å². The van der Waals surface area contributed by atoms with Crippen LogP contribution in [0, 0.1) is 0 Å². The molecule has 0 amide bonds. The minimum Gasteiger partial charge on any atom is -0.481 e. The third-order valence-corrected chi connectivity index (χ3v) is 4.04. The van der Waals surface area contributed by atoms with Crippen LogP contribution < -0.4 is 15.8 Å². The van der Waals surface area contributed by atoms with E-state index in [-0.39, 0.29) is 0 Å². The summed E-state index contributed by atoms with van der Waals surface area (Å²) in [6.07, 6.45) is 3.76. The molecule has 1 aromatic heterocycles. The van der Waals surface area contributed by atoms with Gasteiger partial charge in [-0.15, -0.1) is 0 Å². The van der Waals surface area contributed by atoms with Crippen molar-refractivity contribution in [1.82, 2.24) is 9.88 Å². The van der Waals surface area contributed by atoms with Crippen molar-refractivity contribution in [1.29, 1.82) is 0 Å². The first-order valence-corrected chi connectivity index (χ1v) is 6.59. The first kappa shape index (κ1) is 11.6. The lowest BCUT2D eigenvalue weighted by Crippen LogP contribution is -2.34. The number of hydrogen-bond acceptors (Lipinski definition) is 5. The monoisotopic (exact) mass is 248 g/mol. The second kappa shape index (κ2) is 4.65. The summed E-state index contributed by atoms with van der Waals surface area (Å²) in [5.41, 5.74) is 6.65. The van der Waals surface area contributed by atoms with Crippen LogP contribution >= 0.6 is 0 Å². The van der Waals surface area contributed by atoms with E-state index in [9.17, 15) is 0 Å². The van der Waals surface area contributed by atoms with E-state index in [1.165, 1.54) is 32.4 Å². The second-order valence-corrected chi connectivity index (χ2v) is 5.08. The lowest BCUT2D eigenvalue weighted by Gasteiger charge is -2.22. The van der Waals surface area contributed by atoms with E-state index in [1.807, 2.05) is 6.07 Å². The minimum absolute atomic E-state index is 0.467. The number of nitrogens with two attached hydrogens (primary N) is 1. The number of aromatic nitrogens is 1. The summed E-state index contributed by atoms with van der Waals surface area (Å²) in [5, 5.41) is 3.50. The molecule has 2 saturated heterocycles. The average molecular weight is 248 g/mol. The van der Waals surface area contributed by atoms with Crippen LogP contribution in [0.2, 0.25) is 0 Å². The Labute approximate surface area is 107 Å². The molecule has 3 rings (SSSR count). The van der Waals surface area contributed by atoms with Crippen LogP contribution in [0.15, 0.2) is 12.1 Å². The first-order valence-electron chi connectivity index (χ1n) is 6.59. The maximum atomic E-state index is 5.97. The molecule has 18 heavy (non-hydrogen) atoms. The highest BCUT2D eigenvalue weighted by molar-refractivity contribution is 5.62. The molecule has 2 atom stereocenters. The molecule has 5 nitrogen and oxygen atoms in total. The molecule has 0 bridgehead atoms. The summed E-state index contributed by atoms with van der Waals surface area (Å²) in [7, 11) is 1.62. The van der Waals surface area contributed by atoms with Crippen molar-refractivity contribution in [2.45, 2.75) is 31.3 Å². The molecule has 2 aliphatic rings. The van der Waals surface area contributed by atoms with E-state index in [0.29, 0.717) is 23.7 Å². The smallest absolute Gasteiger partial charge is 0.215 e. The molecular weight excluding hydrogens is 228 g/mol. The molecule has 2 fully saturated rings. The van der Waals surface area contributed by atoms with Crippen LogP contribution in [0.1, 0.15) is 19.3 Å². The fraction of sp³-hybridized carbons (Fsp3) is 0.615. The van der Waals surface area contributed by atoms with Gasteiger partial charge >= 0.3 is 0 Å². The number of ether oxygens (including phenoxy) is 1. The van der Waals surface area contributed by atoms with E-state index < -0.39 is 0 Å². The number of nitrogens with zero attached hydrogens (tertiary/aromatic N) is 2. The van der Waals surface area contributed by atoms with Crippen molar-refractivity contribution in [3.8, 4) is 5.88 Å². The lowest BCUT2D eigenvalue weighted by molar-refractivity contribution is 0.318. The molecule has 0 saturated carbocycles. The van der Waals surface area contributed by atoms with Crippen molar-refractivity contribution in [2.75, 3.05) is 31.2 Å². The van der Waals surface area contributed by atoms with Crippen molar-refractivity contribution in [3.63, 3.8) is 0 Å². The molecule has 0 radical (unpaired) electrons. The second-order valence-electron chi connectivity index (χ2n) is 5.08. The summed E-state index contributed by atoms with van der Waals surface area (Å²) >= 11 is 0. The highest BCUT2D eigenvalue weighted by Crippen LogP contribution is 2.31. The highest BCUT2D eigenvalue weighted by Gasteiger charge is 2.37. The van der Waals surface area contributed by atoms with Crippen LogP contribution in [-0.4, -0.2) is 42.2 Å².